The number of hydrogen-bond donors (Lipinski definition) is 0. The van der Waals surface area contributed by atoms with E-state index in [4.69, 9.17) is 9.47 Å². The average molecular weight is 315 g/mol. The van der Waals surface area contributed by atoms with Gasteiger partial charge >= 0.3 is 0 Å². The van der Waals surface area contributed by atoms with Crippen LogP contribution in [0.5, 0.6) is 11.5 Å². The van der Waals surface area contributed by atoms with Crippen molar-refractivity contribution in [2.75, 3.05) is 27.3 Å². The number of ether oxygens (including phenoxy) is 2. The number of likely N-dealkylation sites (N-methyl/N-ethyl adjacent to an activating group) is 1. The number of methoxy groups -OCH3 is 1. The lowest BCUT2D eigenvalue weighted by molar-refractivity contribution is 0.181. The Labute approximate surface area is 140 Å². The van der Waals surface area contributed by atoms with Gasteiger partial charge in [0.15, 0.2) is 11.5 Å². The molecule has 1 aliphatic heterocycles. The molecule has 2 aliphatic carbocycles. The second-order valence-electron chi connectivity index (χ2n) is 7.77. The fraction of sp³-hybridized carbons (Fsp3) is 0.700. The van der Waals surface area contributed by atoms with Crippen molar-refractivity contribution in [3.05, 3.63) is 23.8 Å². The zero-order chi connectivity index (χ0) is 15.9. The van der Waals surface area contributed by atoms with Crippen molar-refractivity contribution in [3.63, 3.8) is 0 Å². The van der Waals surface area contributed by atoms with E-state index in [0.29, 0.717) is 11.5 Å². The summed E-state index contributed by atoms with van der Waals surface area (Å²) < 4.78 is 11.7. The van der Waals surface area contributed by atoms with Crippen LogP contribution in [0.2, 0.25) is 0 Å². The monoisotopic (exact) mass is 315 g/mol. The summed E-state index contributed by atoms with van der Waals surface area (Å²) in [5.74, 6) is 2.59. The molecule has 2 atom stereocenters. The summed E-state index contributed by atoms with van der Waals surface area (Å²) in [6.45, 7) is 2.06. The number of fused-ring (bicyclic) bond motifs is 1. The van der Waals surface area contributed by atoms with Crippen molar-refractivity contribution < 1.29 is 9.47 Å². The van der Waals surface area contributed by atoms with Gasteiger partial charge in [0.2, 0.25) is 0 Å². The van der Waals surface area contributed by atoms with E-state index < -0.39 is 0 Å². The maximum absolute atomic E-state index is 6.12. The van der Waals surface area contributed by atoms with Crippen LogP contribution < -0.4 is 9.47 Å². The Morgan fingerprint density at radius 1 is 1.13 bits per heavy atom. The normalized spacial score (nSPS) is 31.0. The molecule has 1 saturated heterocycles. The maximum Gasteiger partial charge on any atom is 0.161 e. The highest BCUT2D eigenvalue weighted by atomic mass is 16.5. The molecule has 3 aliphatic rings. The number of likely N-dealkylation sites (tertiary alicyclic amines) is 1. The van der Waals surface area contributed by atoms with E-state index in [0.717, 1.165) is 24.0 Å². The molecule has 23 heavy (non-hydrogen) atoms. The summed E-state index contributed by atoms with van der Waals surface area (Å²) in [6, 6.07) is 7.40. The number of rotatable bonds is 5. The third-order valence-corrected chi connectivity index (χ3v) is 6.34. The molecule has 1 unspecified atom stereocenters. The smallest absolute Gasteiger partial charge is 0.161 e. The van der Waals surface area contributed by atoms with Crippen molar-refractivity contribution in [1.82, 2.24) is 4.90 Å². The molecule has 126 valence electrons. The molecular formula is C20H29NO2. The Hall–Kier alpha value is -1.22. The van der Waals surface area contributed by atoms with Gasteiger partial charge in [-0.15, -0.1) is 0 Å². The van der Waals surface area contributed by atoms with Gasteiger partial charge in [-0.3, -0.25) is 0 Å². The van der Waals surface area contributed by atoms with Crippen LogP contribution in [0.25, 0.3) is 0 Å². The zero-order valence-corrected chi connectivity index (χ0v) is 14.5. The van der Waals surface area contributed by atoms with Crippen LogP contribution in [-0.4, -0.2) is 38.3 Å². The molecule has 0 amide bonds. The van der Waals surface area contributed by atoms with Crippen LogP contribution in [-0.2, 0) is 5.41 Å². The van der Waals surface area contributed by atoms with E-state index in [1.807, 2.05) is 0 Å². The summed E-state index contributed by atoms with van der Waals surface area (Å²) in [5.41, 5.74) is 1.80. The van der Waals surface area contributed by atoms with Gasteiger partial charge in [-0.2, -0.15) is 0 Å². The quantitative estimate of drug-likeness (QED) is 0.820. The van der Waals surface area contributed by atoms with E-state index in [1.165, 1.54) is 57.1 Å². The molecule has 4 rings (SSSR count). The van der Waals surface area contributed by atoms with Gasteiger partial charge in [0.05, 0.1) is 13.7 Å². The molecule has 3 fully saturated rings. The number of nitrogens with zero attached hydrogens (tertiary/aromatic N) is 1. The first-order chi connectivity index (χ1) is 11.2. The Balaban J connectivity index is 1.65. The van der Waals surface area contributed by atoms with Crippen molar-refractivity contribution in [3.8, 4) is 11.5 Å². The third-order valence-electron chi connectivity index (χ3n) is 6.34. The Bertz CT molecular complexity index is 565. The molecule has 0 N–H and O–H groups in total. The number of hydrogen-bond acceptors (Lipinski definition) is 3. The van der Waals surface area contributed by atoms with Crippen LogP contribution in [0.3, 0.4) is 0 Å². The summed E-state index contributed by atoms with van der Waals surface area (Å²) >= 11 is 0. The van der Waals surface area contributed by atoms with Gasteiger partial charge in [0, 0.05) is 11.5 Å². The highest BCUT2D eigenvalue weighted by molar-refractivity contribution is 5.46. The van der Waals surface area contributed by atoms with Gasteiger partial charge in [0.25, 0.3) is 0 Å². The first kappa shape index (κ1) is 15.3. The highest BCUT2D eigenvalue weighted by Crippen LogP contribution is 2.49. The third kappa shape index (κ3) is 2.73. The molecule has 0 spiro atoms. The van der Waals surface area contributed by atoms with Crippen LogP contribution in [0.1, 0.15) is 50.5 Å². The SMILES string of the molecule is COc1ccc([C@@]23CCCCC2N(C)CC3)cc1OCC1CC1. The molecule has 0 bridgehead atoms. The second-order valence-corrected chi connectivity index (χ2v) is 7.77. The second kappa shape index (κ2) is 6.01. The summed E-state index contributed by atoms with van der Waals surface area (Å²) in [4.78, 5) is 2.58. The molecule has 1 aromatic rings. The highest BCUT2D eigenvalue weighted by Gasteiger charge is 2.48. The molecule has 0 aromatic heterocycles. The van der Waals surface area contributed by atoms with Crippen LogP contribution >= 0.6 is 0 Å². The fourth-order valence-corrected chi connectivity index (χ4v) is 4.76. The lowest BCUT2D eigenvalue weighted by Gasteiger charge is -2.42. The largest absolute Gasteiger partial charge is 0.493 e. The minimum absolute atomic E-state index is 0.330. The van der Waals surface area contributed by atoms with Crippen molar-refractivity contribution in [1.29, 1.82) is 0 Å². The Morgan fingerprint density at radius 2 is 2.00 bits per heavy atom. The predicted octanol–water partition coefficient (Wildman–Crippen LogP) is 4.00. The lowest BCUT2D eigenvalue weighted by atomic mass is 9.66. The molecule has 1 heterocycles. The minimum atomic E-state index is 0.330. The summed E-state index contributed by atoms with van der Waals surface area (Å²) in [7, 11) is 4.04. The summed E-state index contributed by atoms with van der Waals surface area (Å²) in [6.07, 6.45) is 9.30. The van der Waals surface area contributed by atoms with E-state index >= 15 is 0 Å². The van der Waals surface area contributed by atoms with Crippen LogP contribution in [0.4, 0.5) is 0 Å². The van der Waals surface area contributed by atoms with Gasteiger partial charge in [-0.1, -0.05) is 18.9 Å². The predicted molar refractivity (Wildman–Crippen MR) is 92.4 cm³/mol. The van der Waals surface area contributed by atoms with E-state index in [9.17, 15) is 0 Å². The van der Waals surface area contributed by atoms with E-state index in [-0.39, 0.29) is 0 Å². The fourth-order valence-electron chi connectivity index (χ4n) is 4.76. The topological polar surface area (TPSA) is 21.7 Å². The first-order valence-corrected chi connectivity index (χ1v) is 9.24. The Morgan fingerprint density at radius 3 is 2.78 bits per heavy atom. The molecule has 3 heteroatoms. The molecular weight excluding hydrogens is 286 g/mol. The first-order valence-electron chi connectivity index (χ1n) is 9.24. The molecule has 3 nitrogen and oxygen atoms in total. The van der Waals surface area contributed by atoms with Gasteiger partial charge in [0.1, 0.15) is 0 Å². The lowest BCUT2D eigenvalue weighted by Crippen LogP contribution is -2.43. The average Bonchev–Trinajstić information content (AvgIpc) is 3.36. The maximum atomic E-state index is 6.12. The van der Waals surface area contributed by atoms with Crippen molar-refractivity contribution in [2.45, 2.75) is 56.4 Å². The van der Waals surface area contributed by atoms with Crippen molar-refractivity contribution in [2.24, 2.45) is 5.92 Å². The van der Waals surface area contributed by atoms with Crippen molar-refractivity contribution >= 4 is 0 Å². The molecule has 0 radical (unpaired) electrons. The summed E-state index contributed by atoms with van der Waals surface area (Å²) in [5, 5.41) is 0. The van der Waals surface area contributed by atoms with E-state index in [2.05, 4.69) is 30.1 Å². The molecule has 2 saturated carbocycles. The standard InChI is InChI=1S/C20H29NO2/c1-21-12-11-20(10-4-3-5-19(20)21)16-8-9-17(22-2)18(13-16)23-14-15-6-7-15/h8-9,13,15,19H,3-7,10-12,14H2,1-2H3/t19?,20-/m0/s1. The number of benzene rings is 1. The van der Waals surface area contributed by atoms with Gasteiger partial charge < -0.3 is 14.4 Å². The molecule has 1 aromatic carbocycles. The van der Waals surface area contributed by atoms with Gasteiger partial charge in [-0.05, 0) is 69.3 Å². The Kier molecular flexibility index (Phi) is 4.00. The van der Waals surface area contributed by atoms with E-state index in [1.54, 1.807) is 7.11 Å². The van der Waals surface area contributed by atoms with Crippen LogP contribution in [0, 0.1) is 5.92 Å². The zero-order valence-electron chi connectivity index (χ0n) is 14.5. The minimum Gasteiger partial charge on any atom is -0.493 e. The van der Waals surface area contributed by atoms with Gasteiger partial charge in [-0.25, -0.2) is 0 Å². The van der Waals surface area contributed by atoms with Crippen LogP contribution in [0.15, 0.2) is 18.2 Å².